The zero-order valence-electron chi connectivity index (χ0n) is 8.81. The van der Waals surface area contributed by atoms with E-state index in [9.17, 15) is 9.59 Å². The molecule has 0 unspecified atom stereocenters. The van der Waals surface area contributed by atoms with E-state index in [1.54, 1.807) is 12.1 Å². The van der Waals surface area contributed by atoms with E-state index in [1.165, 1.54) is 16.8 Å². The number of anilines is 1. The molecule has 1 heterocycles. The number of aromatic nitrogens is 2. The van der Waals surface area contributed by atoms with Crippen molar-refractivity contribution >= 4 is 21.6 Å². The fraction of sp³-hybridized carbons (Fsp3) is 0.0909. The lowest BCUT2D eigenvalue weighted by molar-refractivity contribution is 0.720. The summed E-state index contributed by atoms with van der Waals surface area (Å²) < 4.78 is 2.26. The number of rotatable bonds is 2. The quantitative estimate of drug-likeness (QED) is 0.809. The average Bonchev–Trinajstić information content (AvgIpc) is 2.21. The number of nitrogens with one attached hydrogen (secondary N) is 1. The molecule has 2 rings (SSSR count). The first kappa shape index (κ1) is 11.7. The Morgan fingerprint density at radius 2 is 2.06 bits per heavy atom. The molecule has 0 saturated carbocycles. The molecule has 88 valence electrons. The third kappa shape index (κ3) is 2.85. The van der Waals surface area contributed by atoms with Crippen molar-refractivity contribution in [3.63, 3.8) is 0 Å². The molecule has 1 aromatic heterocycles. The standard InChI is InChI=1S/C11H10BrN3O2/c12-8-3-7(4-9(13)5-8)6-15-2-1-10(16)14-11(15)17/h1-5H,6,13H2,(H,14,16,17). The summed E-state index contributed by atoms with van der Waals surface area (Å²) in [5.41, 5.74) is 6.36. The Morgan fingerprint density at radius 3 is 2.71 bits per heavy atom. The summed E-state index contributed by atoms with van der Waals surface area (Å²) in [5.74, 6) is 0. The van der Waals surface area contributed by atoms with Gasteiger partial charge in [0.15, 0.2) is 0 Å². The molecule has 2 aromatic rings. The van der Waals surface area contributed by atoms with Crippen LogP contribution in [-0.2, 0) is 6.54 Å². The first-order chi connectivity index (χ1) is 8.04. The molecule has 0 spiro atoms. The molecule has 0 aliphatic heterocycles. The van der Waals surface area contributed by atoms with Crippen LogP contribution in [0.2, 0.25) is 0 Å². The van der Waals surface area contributed by atoms with E-state index in [0.29, 0.717) is 12.2 Å². The van der Waals surface area contributed by atoms with Gasteiger partial charge in [-0.25, -0.2) is 4.79 Å². The Kier molecular flexibility index (Phi) is 3.14. The van der Waals surface area contributed by atoms with E-state index in [2.05, 4.69) is 20.9 Å². The summed E-state index contributed by atoms with van der Waals surface area (Å²) in [6.45, 7) is 0.360. The molecule has 0 saturated heterocycles. The second-order valence-corrected chi connectivity index (χ2v) is 4.55. The second-order valence-electron chi connectivity index (χ2n) is 3.63. The highest BCUT2D eigenvalue weighted by Gasteiger charge is 2.01. The number of hydrogen-bond donors (Lipinski definition) is 2. The van der Waals surface area contributed by atoms with Crippen LogP contribution in [0.3, 0.4) is 0 Å². The third-order valence-corrected chi connectivity index (χ3v) is 2.69. The normalized spacial score (nSPS) is 10.4. The highest BCUT2D eigenvalue weighted by molar-refractivity contribution is 9.10. The zero-order chi connectivity index (χ0) is 12.4. The summed E-state index contributed by atoms with van der Waals surface area (Å²) in [4.78, 5) is 24.6. The fourth-order valence-electron chi connectivity index (χ4n) is 1.53. The number of nitrogens with zero attached hydrogens (tertiary/aromatic N) is 1. The highest BCUT2D eigenvalue weighted by atomic mass is 79.9. The van der Waals surface area contributed by atoms with Gasteiger partial charge in [-0.2, -0.15) is 0 Å². The van der Waals surface area contributed by atoms with Crippen molar-refractivity contribution in [2.45, 2.75) is 6.54 Å². The molecule has 6 heteroatoms. The number of nitrogens with two attached hydrogens (primary N) is 1. The fourth-order valence-corrected chi connectivity index (χ4v) is 2.09. The Bertz CT molecular complexity index is 640. The summed E-state index contributed by atoms with van der Waals surface area (Å²) in [6, 6.07) is 6.73. The van der Waals surface area contributed by atoms with E-state index in [1.807, 2.05) is 6.07 Å². The Morgan fingerprint density at radius 1 is 1.29 bits per heavy atom. The maximum Gasteiger partial charge on any atom is 0.328 e. The van der Waals surface area contributed by atoms with Crippen LogP contribution in [0.5, 0.6) is 0 Å². The van der Waals surface area contributed by atoms with Crippen molar-refractivity contribution in [2.24, 2.45) is 0 Å². The van der Waals surface area contributed by atoms with E-state index in [0.717, 1.165) is 10.0 Å². The van der Waals surface area contributed by atoms with Crippen LogP contribution >= 0.6 is 15.9 Å². The predicted molar refractivity (Wildman–Crippen MR) is 69.0 cm³/mol. The van der Waals surface area contributed by atoms with Gasteiger partial charge in [-0.1, -0.05) is 15.9 Å². The van der Waals surface area contributed by atoms with Gasteiger partial charge in [0.1, 0.15) is 0 Å². The summed E-state index contributed by atoms with van der Waals surface area (Å²) >= 11 is 3.33. The second kappa shape index (κ2) is 4.58. The molecule has 5 nitrogen and oxygen atoms in total. The topological polar surface area (TPSA) is 80.9 Å². The monoisotopic (exact) mass is 295 g/mol. The molecule has 3 N–H and O–H groups in total. The third-order valence-electron chi connectivity index (χ3n) is 2.23. The molecule has 0 fully saturated rings. The number of nitrogen functional groups attached to an aromatic ring is 1. The Hall–Kier alpha value is -1.82. The number of halogens is 1. The van der Waals surface area contributed by atoms with Gasteiger partial charge in [0.2, 0.25) is 0 Å². The minimum absolute atomic E-state index is 0.360. The van der Waals surface area contributed by atoms with Gasteiger partial charge in [0, 0.05) is 22.4 Å². The molecular weight excluding hydrogens is 286 g/mol. The van der Waals surface area contributed by atoms with E-state index < -0.39 is 11.2 Å². The molecule has 1 aromatic carbocycles. The number of hydrogen-bond acceptors (Lipinski definition) is 3. The Labute approximate surface area is 105 Å². The largest absolute Gasteiger partial charge is 0.399 e. The number of H-pyrrole nitrogens is 1. The van der Waals surface area contributed by atoms with Crippen LogP contribution in [0.1, 0.15) is 5.56 Å². The van der Waals surface area contributed by atoms with E-state index in [-0.39, 0.29) is 0 Å². The maximum atomic E-state index is 11.5. The first-order valence-corrected chi connectivity index (χ1v) is 5.68. The number of aromatic amines is 1. The first-order valence-electron chi connectivity index (χ1n) is 4.89. The van der Waals surface area contributed by atoms with Gasteiger partial charge in [0.25, 0.3) is 5.56 Å². The van der Waals surface area contributed by atoms with Gasteiger partial charge in [0.05, 0.1) is 6.54 Å². The molecule has 0 radical (unpaired) electrons. The van der Waals surface area contributed by atoms with Crippen LogP contribution in [-0.4, -0.2) is 9.55 Å². The molecule has 0 amide bonds. The van der Waals surface area contributed by atoms with Crippen LogP contribution in [0.25, 0.3) is 0 Å². The Balaban J connectivity index is 2.38. The number of benzene rings is 1. The van der Waals surface area contributed by atoms with E-state index >= 15 is 0 Å². The van der Waals surface area contributed by atoms with Gasteiger partial charge in [-0.3, -0.25) is 14.3 Å². The van der Waals surface area contributed by atoms with Crippen molar-refractivity contribution in [2.75, 3.05) is 5.73 Å². The average molecular weight is 296 g/mol. The SMILES string of the molecule is Nc1cc(Br)cc(Cn2ccc(=O)[nH]c2=O)c1. The molecule has 17 heavy (non-hydrogen) atoms. The zero-order valence-corrected chi connectivity index (χ0v) is 10.4. The van der Waals surface area contributed by atoms with Crippen LogP contribution in [0.15, 0.2) is 44.5 Å². The minimum Gasteiger partial charge on any atom is -0.399 e. The molecule has 0 bridgehead atoms. The molecule has 0 aliphatic rings. The molecular formula is C11H10BrN3O2. The van der Waals surface area contributed by atoms with Gasteiger partial charge >= 0.3 is 5.69 Å². The van der Waals surface area contributed by atoms with Crippen LogP contribution in [0.4, 0.5) is 5.69 Å². The lowest BCUT2D eigenvalue weighted by Crippen LogP contribution is -2.28. The van der Waals surface area contributed by atoms with Crippen molar-refractivity contribution < 1.29 is 0 Å². The predicted octanol–water partition coefficient (Wildman–Crippen LogP) is 0.930. The maximum absolute atomic E-state index is 11.5. The molecule has 0 aliphatic carbocycles. The lowest BCUT2D eigenvalue weighted by Gasteiger charge is -2.06. The lowest BCUT2D eigenvalue weighted by atomic mass is 10.2. The highest BCUT2D eigenvalue weighted by Crippen LogP contribution is 2.17. The van der Waals surface area contributed by atoms with Crippen molar-refractivity contribution in [3.05, 3.63) is 61.3 Å². The van der Waals surface area contributed by atoms with Crippen LogP contribution in [0, 0.1) is 0 Å². The van der Waals surface area contributed by atoms with Crippen molar-refractivity contribution in [1.82, 2.24) is 9.55 Å². The molecule has 0 atom stereocenters. The van der Waals surface area contributed by atoms with E-state index in [4.69, 9.17) is 5.73 Å². The summed E-state index contributed by atoms with van der Waals surface area (Å²) in [6.07, 6.45) is 1.46. The summed E-state index contributed by atoms with van der Waals surface area (Å²) in [5, 5.41) is 0. The van der Waals surface area contributed by atoms with Gasteiger partial charge < -0.3 is 5.73 Å². The van der Waals surface area contributed by atoms with Gasteiger partial charge in [-0.05, 0) is 23.8 Å². The smallest absolute Gasteiger partial charge is 0.328 e. The minimum atomic E-state index is -0.434. The summed E-state index contributed by atoms with van der Waals surface area (Å²) in [7, 11) is 0. The van der Waals surface area contributed by atoms with Crippen molar-refractivity contribution in [3.8, 4) is 0 Å². The van der Waals surface area contributed by atoms with Crippen LogP contribution < -0.4 is 17.0 Å². The van der Waals surface area contributed by atoms with Gasteiger partial charge in [-0.15, -0.1) is 0 Å². The van der Waals surface area contributed by atoms with Crippen molar-refractivity contribution in [1.29, 1.82) is 0 Å².